The van der Waals surface area contributed by atoms with Crippen LogP contribution >= 0.6 is 23.2 Å². The molecule has 5 aromatic rings. The van der Waals surface area contributed by atoms with Crippen molar-refractivity contribution in [1.82, 2.24) is 34.4 Å². The number of aromatic nitrogens is 6. The van der Waals surface area contributed by atoms with Gasteiger partial charge >= 0.3 is 0 Å². The number of fused-ring (bicyclic) bond motifs is 1. The zero-order chi connectivity index (χ0) is 27.1. The summed E-state index contributed by atoms with van der Waals surface area (Å²) in [6.07, 6.45) is 4.96. The van der Waals surface area contributed by atoms with Crippen LogP contribution in [-0.4, -0.2) is 67.7 Å². The third-order valence-corrected chi connectivity index (χ3v) is 7.37. The van der Waals surface area contributed by atoms with Gasteiger partial charge in [0, 0.05) is 62.6 Å². The van der Waals surface area contributed by atoms with Crippen molar-refractivity contribution >= 4 is 51.4 Å². The van der Waals surface area contributed by atoms with E-state index in [-0.39, 0.29) is 5.39 Å². The highest BCUT2D eigenvalue weighted by atomic mass is 35.5. The third kappa shape index (κ3) is 4.94. The Hall–Kier alpha value is -3.99. The fraction of sp³-hybridized carbons (Fsp3) is 0.222. The molecule has 6 rings (SSSR count). The summed E-state index contributed by atoms with van der Waals surface area (Å²) < 4.78 is 2.85. The molecule has 3 aromatic heterocycles. The molecule has 0 atom stereocenters. The van der Waals surface area contributed by atoms with Gasteiger partial charge in [-0.3, -0.25) is 9.48 Å². The number of piperazine rings is 1. The smallest absolute Gasteiger partial charge is 0.282 e. The molecule has 1 N–H and O–H groups in total. The van der Waals surface area contributed by atoms with Gasteiger partial charge in [0.1, 0.15) is 16.9 Å². The number of hydrogen-bond donors (Lipinski definition) is 1. The average Bonchev–Trinajstić information content (AvgIpc) is 3.36. The monoisotopic (exact) mass is 561 g/mol. The predicted octanol–water partition coefficient (Wildman–Crippen LogP) is 4.38. The standard InChI is InChI=1S/C27H25Cl2N9O/c1-35-10-12-37(13-11-35)19-8-6-18(7-9-19)32-27-30-15-20-24(33-27)23(17-14-31-36(2)16-17)34-38(26(20)39)25-21(28)4-3-5-22(25)29/h3-9,14-16H,10-13H2,1-2H3,(H,30,32,33). The molecule has 0 bridgehead atoms. The maximum atomic E-state index is 13.6. The molecule has 0 saturated carbocycles. The van der Waals surface area contributed by atoms with Crippen LogP contribution in [0.3, 0.4) is 0 Å². The van der Waals surface area contributed by atoms with E-state index in [1.54, 1.807) is 42.3 Å². The SMILES string of the molecule is CN1CCN(c2ccc(Nc3ncc4c(=O)n(-c5c(Cl)cccc5Cl)nc(-c5cnn(C)c5)c4n3)cc2)CC1. The molecule has 1 aliphatic heterocycles. The van der Waals surface area contributed by atoms with E-state index in [1.165, 1.54) is 16.6 Å². The largest absolute Gasteiger partial charge is 0.369 e. The van der Waals surface area contributed by atoms with Crippen LogP contribution < -0.4 is 15.8 Å². The Morgan fingerprint density at radius 1 is 0.923 bits per heavy atom. The molecule has 1 aliphatic rings. The molecule has 1 saturated heterocycles. The molecule has 1 fully saturated rings. The molecule has 39 heavy (non-hydrogen) atoms. The van der Waals surface area contributed by atoms with E-state index < -0.39 is 5.56 Å². The topological polar surface area (TPSA) is 97.0 Å². The first-order valence-electron chi connectivity index (χ1n) is 12.4. The van der Waals surface area contributed by atoms with Gasteiger partial charge in [0.2, 0.25) is 5.95 Å². The number of para-hydroxylation sites is 1. The van der Waals surface area contributed by atoms with Crippen LogP contribution in [0.2, 0.25) is 10.0 Å². The summed E-state index contributed by atoms with van der Waals surface area (Å²) in [4.78, 5) is 27.4. The lowest BCUT2D eigenvalue weighted by molar-refractivity contribution is 0.313. The van der Waals surface area contributed by atoms with E-state index >= 15 is 0 Å². The Morgan fingerprint density at radius 3 is 2.31 bits per heavy atom. The van der Waals surface area contributed by atoms with Gasteiger partial charge in [-0.05, 0) is 43.4 Å². The summed E-state index contributed by atoms with van der Waals surface area (Å²) in [5.74, 6) is 0.342. The minimum Gasteiger partial charge on any atom is -0.369 e. The van der Waals surface area contributed by atoms with E-state index in [0.29, 0.717) is 38.5 Å². The highest BCUT2D eigenvalue weighted by Crippen LogP contribution is 2.30. The number of nitrogens with zero attached hydrogens (tertiary/aromatic N) is 8. The highest BCUT2D eigenvalue weighted by molar-refractivity contribution is 6.37. The summed E-state index contributed by atoms with van der Waals surface area (Å²) in [7, 11) is 3.95. The van der Waals surface area contributed by atoms with Crippen LogP contribution in [0, 0.1) is 0 Å². The van der Waals surface area contributed by atoms with Gasteiger partial charge in [-0.1, -0.05) is 29.3 Å². The van der Waals surface area contributed by atoms with Crippen molar-refractivity contribution in [3.63, 3.8) is 0 Å². The Kier molecular flexibility index (Phi) is 6.68. The van der Waals surface area contributed by atoms with E-state index in [9.17, 15) is 4.79 Å². The van der Waals surface area contributed by atoms with Crippen LogP contribution in [0.15, 0.2) is 65.8 Å². The van der Waals surface area contributed by atoms with E-state index in [1.807, 2.05) is 12.1 Å². The quantitative estimate of drug-likeness (QED) is 0.337. The summed E-state index contributed by atoms with van der Waals surface area (Å²) in [5, 5.41) is 13.0. The lowest BCUT2D eigenvalue weighted by Gasteiger charge is -2.34. The van der Waals surface area contributed by atoms with Crippen LogP contribution in [0.1, 0.15) is 0 Å². The second-order valence-corrected chi connectivity index (χ2v) is 10.3. The number of rotatable bonds is 5. The van der Waals surface area contributed by atoms with Gasteiger partial charge in [-0.25, -0.2) is 9.97 Å². The van der Waals surface area contributed by atoms with Crippen LogP contribution in [-0.2, 0) is 7.05 Å². The van der Waals surface area contributed by atoms with Gasteiger partial charge in [0.25, 0.3) is 5.56 Å². The van der Waals surface area contributed by atoms with Crippen LogP contribution in [0.4, 0.5) is 17.3 Å². The Morgan fingerprint density at radius 2 is 1.64 bits per heavy atom. The Balaban J connectivity index is 1.40. The second-order valence-electron chi connectivity index (χ2n) is 9.46. The van der Waals surface area contributed by atoms with Gasteiger partial charge in [-0.15, -0.1) is 0 Å². The molecule has 198 valence electrons. The molecule has 12 heteroatoms. The van der Waals surface area contributed by atoms with Crippen LogP contribution in [0.25, 0.3) is 27.8 Å². The third-order valence-electron chi connectivity index (χ3n) is 6.76. The zero-order valence-corrected chi connectivity index (χ0v) is 22.9. The summed E-state index contributed by atoms with van der Waals surface area (Å²) in [6, 6.07) is 13.2. The second kappa shape index (κ2) is 10.3. The first-order valence-corrected chi connectivity index (χ1v) is 13.2. The fourth-order valence-corrected chi connectivity index (χ4v) is 5.17. The van der Waals surface area contributed by atoms with E-state index in [4.69, 9.17) is 28.2 Å². The minimum absolute atomic E-state index is 0.274. The molecule has 0 unspecified atom stereocenters. The molecule has 0 amide bonds. The van der Waals surface area contributed by atoms with Crippen molar-refractivity contribution in [2.75, 3.05) is 43.4 Å². The molecular weight excluding hydrogens is 537 g/mol. The molecule has 4 heterocycles. The zero-order valence-electron chi connectivity index (χ0n) is 21.3. The Bertz CT molecular complexity index is 1700. The minimum atomic E-state index is -0.435. The van der Waals surface area contributed by atoms with Crippen molar-refractivity contribution in [3.05, 3.63) is 81.5 Å². The van der Waals surface area contributed by atoms with Crippen molar-refractivity contribution in [2.24, 2.45) is 7.05 Å². The molecule has 0 aliphatic carbocycles. The van der Waals surface area contributed by atoms with Gasteiger partial charge < -0.3 is 15.1 Å². The number of likely N-dealkylation sites (N-methyl/N-ethyl adjacent to an activating group) is 1. The van der Waals surface area contributed by atoms with Gasteiger partial charge in [0.05, 0.1) is 21.6 Å². The number of benzene rings is 2. The van der Waals surface area contributed by atoms with Crippen molar-refractivity contribution < 1.29 is 0 Å². The Labute approximate surface area is 234 Å². The van der Waals surface area contributed by atoms with E-state index in [2.05, 4.69) is 49.5 Å². The average molecular weight is 562 g/mol. The summed E-state index contributed by atoms with van der Waals surface area (Å²) in [6.45, 7) is 4.08. The number of nitrogens with one attached hydrogen (secondary N) is 1. The van der Waals surface area contributed by atoms with E-state index in [0.717, 1.165) is 31.9 Å². The summed E-state index contributed by atoms with van der Waals surface area (Å²) >= 11 is 12.9. The normalized spacial score (nSPS) is 14.2. The molecular formula is C27H25Cl2N9O. The van der Waals surface area contributed by atoms with Crippen LogP contribution in [0.5, 0.6) is 0 Å². The number of hydrogen-bond acceptors (Lipinski definition) is 8. The lowest BCUT2D eigenvalue weighted by atomic mass is 10.2. The number of halogens is 2. The maximum absolute atomic E-state index is 13.6. The van der Waals surface area contributed by atoms with Crippen molar-refractivity contribution in [1.29, 1.82) is 0 Å². The van der Waals surface area contributed by atoms with Crippen molar-refractivity contribution in [2.45, 2.75) is 0 Å². The fourth-order valence-electron chi connectivity index (χ4n) is 4.62. The maximum Gasteiger partial charge on any atom is 0.282 e. The van der Waals surface area contributed by atoms with Gasteiger partial charge in [0.15, 0.2) is 0 Å². The first kappa shape index (κ1) is 25.3. The predicted molar refractivity (Wildman–Crippen MR) is 155 cm³/mol. The number of aryl methyl sites for hydroxylation is 1. The number of anilines is 3. The molecule has 2 aromatic carbocycles. The summed E-state index contributed by atoms with van der Waals surface area (Å²) in [5.41, 5.74) is 3.38. The highest BCUT2D eigenvalue weighted by Gasteiger charge is 2.20. The first-order chi connectivity index (χ1) is 18.9. The molecule has 10 nitrogen and oxygen atoms in total. The molecule has 0 spiro atoms. The lowest BCUT2D eigenvalue weighted by Crippen LogP contribution is -2.44. The van der Waals surface area contributed by atoms with Crippen molar-refractivity contribution in [3.8, 4) is 16.9 Å². The van der Waals surface area contributed by atoms with Gasteiger partial charge in [-0.2, -0.15) is 14.9 Å². The molecule has 0 radical (unpaired) electrons.